The molecule has 0 aliphatic carbocycles. The minimum atomic E-state index is -0.491. The quantitative estimate of drug-likeness (QED) is 0.542. The van der Waals surface area contributed by atoms with Crippen LogP contribution in [-0.4, -0.2) is 60.3 Å². The number of nitrogens with one attached hydrogen (secondary N) is 2. The lowest BCUT2D eigenvalue weighted by Crippen LogP contribution is -2.44. The van der Waals surface area contributed by atoms with Crippen LogP contribution in [0.15, 0.2) is 34.6 Å². The maximum absolute atomic E-state index is 12.0. The number of nitrogens with zero attached hydrogens (tertiary/aromatic N) is 3. The molecule has 1 aromatic heterocycles. The van der Waals surface area contributed by atoms with E-state index >= 15 is 0 Å². The molecule has 1 aliphatic heterocycles. The predicted molar refractivity (Wildman–Crippen MR) is 127 cm³/mol. The van der Waals surface area contributed by atoms with Crippen molar-refractivity contribution in [1.82, 2.24) is 20.5 Å². The fraction of sp³-hybridized carbons (Fsp3) is 0.522. The van der Waals surface area contributed by atoms with Gasteiger partial charge in [-0.05, 0) is 34.1 Å². The maximum atomic E-state index is 12.0. The number of thiazole rings is 1. The van der Waals surface area contributed by atoms with Gasteiger partial charge in [0.25, 0.3) is 0 Å². The molecule has 2 aromatic rings. The molecule has 1 aliphatic rings. The summed E-state index contributed by atoms with van der Waals surface area (Å²) < 4.78 is 5.35. The van der Waals surface area contributed by atoms with E-state index in [1.54, 1.807) is 18.4 Å². The lowest BCUT2D eigenvalue weighted by molar-refractivity contribution is 0.0507. The van der Waals surface area contributed by atoms with E-state index in [0.29, 0.717) is 6.54 Å². The topological polar surface area (TPSA) is 78.9 Å². The average Bonchev–Trinajstić information content (AvgIpc) is 3.34. The molecule has 0 bridgehead atoms. The number of carbonyl (C=O) groups excluding carboxylic acids is 1. The minimum Gasteiger partial charge on any atom is -0.444 e. The van der Waals surface area contributed by atoms with E-state index in [0.717, 1.165) is 48.2 Å². The van der Waals surface area contributed by atoms with Gasteiger partial charge in [0.1, 0.15) is 10.6 Å². The van der Waals surface area contributed by atoms with Gasteiger partial charge in [0.15, 0.2) is 5.96 Å². The average molecular weight is 444 g/mol. The fourth-order valence-corrected chi connectivity index (χ4v) is 4.29. The van der Waals surface area contributed by atoms with E-state index < -0.39 is 5.60 Å². The number of aliphatic imine (C=N–C) groups is 1. The van der Waals surface area contributed by atoms with Gasteiger partial charge >= 0.3 is 6.09 Å². The number of hydrogen-bond donors (Lipinski definition) is 2. The number of aromatic nitrogens is 1. The first kappa shape index (κ1) is 23.1. The van der Waals surface area contributed by atoms with Gasteiger partial charge in [0.2, 0.25) is 0 Å². The molecular weight excluding hydrogens is 410 g/mol. The molecule has 1 aromatic carbocycles. The number of rotatable bonds is 5. The van der Waals surface area contributed by atoms with Crippen LogP contribution >= 0.6 is 11.3 Å². The summed E-state index contributed by atoms with van der Waals surface area (Å²) in [5.74, 6) is 0.850. The van der Waals surface area contributed by atoms with Gasteiger partial charge in [0, 0.05) is 44.0 Å². The molecular formula is C23H33N5O2S. The Labute approximate surface area is 188 Å². The number of alkyl carbamates (subject to hydrolysis) is 1. The molecule has 8 heteroatoms. The van der Waals surface area contributed by atoms with Crippen LogP contribution in [0.5, 0.6) is 0 Å². The van der Waals surface area contributed by atoms with E-state index in [9.17, 15) is 4.79 Å². The first-order valence-electron chi connectivity index (χ1n) is 10.7. The molecule has 0 saturated carbocycles. The smallest absolute Gasteiger partial charge is 0.407 e. The number of carbonyl (C=O) groups is 1. The zero-order valence-electron chi connectivity index (χ0n) is 19.1. The van der Waals surface area contributed by atoms with Crippen LogP contribution in [0.2, 0.25) is 0 Å². The molecule has 7 nitrogen and oxygen atoms in total. The summed E-state index contributed by atoms with van der Waals surface area (Å²) in [6.07, 6.45) is 1.33. The van der Waals surface area contributed by atoms with Crippen molar-refractivity contribution in [2.45, 2.75) is 52.2 Å². The third-order valence-electron chi connectivity index (χ3n) is 4.93. The zero-order chi connectivity index (χ0) is 22.4. The second kappa shape index (κ2) is 10.1. The molecule has 31 heavy (non-hydrogen) atoms. The normalized spacial score (nSPS) is 17.0. The van der Waals surface area contributed by atoms with Crippen LogP contribution < -0.4 is 10.6 Å². The van der Waals surface area contributed by atoms with Crippen molar-refractivity contribution in [3.63, 3.8) is 0 Å². The first-order chi connectivity index (χ1) is 14.7. The van der Waals surface area contributed by atoms with Crippen LogP contribution in [0.1, 0.15) is 38.4 Å². The Morgan fingerprint density at radius 3 is 2.74 bits per heavy atom. The second-order valence-corrected chi connectivity index (χ2v) is 9.67. The summed E-state index contributed by atoms with van der Waals surface area (Å²) in [6.45, 7) is 10.00. The van der Waals surface area contributed by atoms with E-state index in [1.807, 2.05) is 20.8 Å². The van der Waals surface area contributed by atoms with Crippen molar-refractivity contribution < 1.29 is 9.53 Å². The van der Waals surface area contributed by atoms with Crippen LogP contribution in [0, 0.1) is 6.92 Å². The van der Waals surface area contributed by atoms with Crippen molar-refractivity contribution in [2.75, 3.05) is 26.7 Å². The van der Waals surface area contributed by atoms with Gasteiger partial charge in [-0.1, -0.05) is 29.8 Å². The first-order valence-corrected chi connectivity index (χ1v) is 11.6. The number of benzene rings is 1. The number of amides is 1. The largest absolute Gasteiger partial charge is 0.444 e. The SMILES string of the molecule is CN=C(NCCc1csc(-c2ccc(C)cc2)n1)N1CCC(NC(=O)OC(C)(C)C)C1. The number of aryl methyl sites for hydroxylation is 1. The van der Waals surface area contributed by atoms with Gasteiger partial charge < -0.3 is 20.3 Å². The minimum absolute atomic E-state index is 0.0593. The Morgan fingerprint density at radius 2 is 2.06 bits per heavy atom. The lowest BCUT2D eigenvalue weighted by atomic mass is 10.2. The third-order valence-corrected chi connectivity index (χ3v) is 5.88. The Kier molecular flexibility index (Phi) is 7.54. The van der Waals surface area contributed by atoms with E-state index in [-0.39, 0.29) is 12.1 Å². The fourth-order valence-electron chi connectivity index (χ4n) is 3.43. The summed E-state index contributed by atoms with van der Waals surface area (Å²) in [6, 6.07) is 8.52. The molecule has 1 unspecified atom stereocenters. The summed E-state index contributed by atoms with van der Waals surface area (Å²) >= 11 is 1.68. The van der Waals surface area contributed by atoms with Crippen molar-refractivity contribution >= 4 is 23.4 Å². The van der Waals surface area contributed by atoms with E-state index in [1.165, 1.54) is 5.56 Å². The van der Waals surface area contributed by atoms with Crippen LogP contribution in [0.3, 0.4) is 0 Å². The standard InChI is InChI=1S/C23H33N5O2S/c1-16-6-8-17(9-7-16)20-26-19(15-31-20)10-12-25-21(24-5)28-13-11-18(14-28)27-22(29)30-23(2,3)4/h6-9,15,18H,10-14H2,1-5H3,(H,24,25)(H,27,29). The number of ether oxygens (including phenoxy) is 1. The van der Waals surface area contributed by atoms with Crippen LogP contribution in [-0.2, 0) is 11.2 Å². The molecule has 1 amide bonds. The highest BCUT2D eigenvalue weighted by Crippen LogP contribution is 2.24. The summed E-state index contributed by atoms with van der Waals surface area (Å²) in [5, 5.41) is 9.55. The molecule has 168 valence electrons. The number of guanidine groups is 1. The molecule has 1 saturated heterocycles. The number of hydrogen-bond acceptors (Lipinski definition) is 5. The molecule has 0 spiro atoms. The predicted octanol–water partition coefficient (Wildman–Crippen LogP) is 3.84. The highest BCUT2D eigenvalue weighted by Gasteiger charge is 2.27. The van der Waals surface area contributed by atoms with Crippen LogP contribution in [0.25, 0.3) is 10.6 Å². The monoisotopic (exact) mass is 443 g/mol. The van der Waals surface area contributed by atoms with E-state index in [2.05, 4.69) is 57.1 Å². The third kappa shape index (κ3) is 6.95. The summed E-state index contributed by atoms with van der Waals surface area (Å²) in [7, 11) is 1.79. The molecule has 1 fully saturated rings. The Balaban J connectivity index is 1.45. The number of likely N-dealkylation sites (tertiary alicyclic amines) is 1. The zero-order valence-corrected chi connectivity index (χ0v) is 19.9. The summed E-state index contributed by atoms with van der Waals surface area (Å²) in [4.78, 5) is 23.3. The van der Waals surface area contributed by atoms with Gasteiger partial charge in [-0.15, -0.1) is 11.3 Å². The lowest BCUT2D eigenvalue weighted by Gasteiger charge is -2.23. The van der Waals surface area contributed by atoms with Gasteiger partial charge in [-0.3, -0.25) is 4.99 Å². The molecule has 0 radical (unpaired) electrons. The Bertz CT molecular complexity index is 901. The summed E-state index contributed by atoms with van der Waals surface area (Å²) in [5.41, 5.74) is 3.00. The maximum Gasteiger partial charge on any atom is 0.407 e. The van der Waals surface area contributed by atoms with Crippen molar-refractivity contribution in [2.24, 2.45) is 4.99 Å². The van der Waals surface area contributed by atoms with Gasteiger partial charge in [-0.2, -0.15) is 0 Å². The Hall–Kier alpha value is -2.61. The molecule has 3 rings (SSSR count). The van der Waals surface area contributed by atoms with Crippen molar-refractivity contribution in [3.05, 3.63) is 40.9 Å². The highest BCUT2D eigenvalue weighted by atomic mass is 32.1. The van der Waals surface area contributed by atoms with Gasteiger partial charge in [-0.25, -0.2) is 9.78 Å². The van der Waals surface area contributed by atoms with Crippen LogP contribution in [0.4, 0.5) is 4.79 Å². The van der Waals surface area contributed by atoms with Crippen molar-refractivity contribution in [3.8, 4) is 10.6 Å². The second-order valence-electron chi connectivity index (χ2n) is 8.81. The molecule has 2 N–H and O–H groups in total. The molecule has 2 heterocycles. The Morgan fingerprint density at radius 1 is 1.32 bits per heavy atom. The highest BCUT2D eigenvalue weighted by molar-refractivity contribution is 7.13. The van der Waals surface area contributed by atoms with Crippen molar-refractivity contribution in [1.29, 1.82) is 0 Å². The van der Waals surface area contributed by atoms with E-state index in [4.69, 9.17) is 9.72 Å². The van der Waals surface area contributed by atoms with Gasteiger partial charge in [0.05, 0.1) is 11.7 Å². The molecule has 1 atom stereocenters.